The molecular formula is C69H24F6O26. The van der Waals surface area contributed by atoms with Gasteiger partial charge in [0.1, 0.15) is 23.0 Å². The highest BCUT2D eigenvalue weighted by atomic mass is 19.4. The van der Waals surface area contributed by atoms with E-state index in [-0.39, 0.29) is 89.0 Å². The molecule has 0 atom stereocenters. The number of ether oxygens (including phenoxy) is 8. The number of esters is 12. The number of benzene rings is 9. The third-order valence-corrected chi connectivity index (χ3v) is 16.3. The predicted molar refractivity (Wildman–Crippen MR) is 319 cm³/mol. The molecule has 11 aromatic rings. The molecule has 101 heavy (non-hydrogen) atoms. The first-order chi connectivity index (χ1) is 47.9. The summed E-state index contributed by atoms with van der Waals surface area (Å²) >= 11 is 0. The minimum atomic E-state index is -6.02. The molecule has 6 aliphatic heterocycles. The van der Waals surface area contributed by atoms with Gasteiger partial charge in [-0.2, -0.15) is 26.3 Å². The summed E-state index contributed by atoms with van der Waals surface area (Å²) in [5, 5.41) is 1.99. The molecule has 0 saturated heterocycles. The maximum atomic E-state index is 14.2. The van der Waals surface area contributed by atoms with Gasteiger partial charge in [-0.05, 0) is 149 Å². The van der Waals surface area contributed by atoms with E-state index < -0.39 is 145 Å². The Morgan fingerprint density at radius 3 is 0.891 bits per heavy atom. The van der Waals surface area contributed by atoms with Gasteiger partial charge in [0.15, 0.2) is 0 Å². The Labute approximate surface area is 549 Å². The summed E-state index contributed by atoms with van der Waals surface area (Å²) in [4.78, 5) is 186. The predicted octanol–water partition coefficient (Wildman–Crippen LogP) is 9.72. The fraction of sp³-hybridized carbons (Fsp3) is 0.0435. The normalized spacial score (nSPS) is 14.7. The van der Waals surface area contributed by atoms with Crippen molar-refractivity contribution in [3.8, 4) is 23.0 Å². The van der Waals surface area contributed by atoms with Crippen molar-refractivity contribution in [1.29, 1.82) is 0 Å². The molecule has 9 aromatic carbocycles. The minimum Gasteiger partial charge on any atom is -0.457 e. The van der Waals surface area contributed by atoms with Gasteiger partial charge in [-0.3, -0.25) is 0 Å². The van der Waals surface area contributed by atoms with Crippen LogP contribution in [0.2, 0.25) is 0 Å². The molecular weight excluding hydrogens is 1360 g/mol. The van der Waals surface area contributed by atoms with Gasteiger partial charge in [-0.25, -0.2) is 76.7 Å². The summed E-state index contributed by atoms with van der Waals surface area (Å²) in [6.45, 7) is 0. The maximum Gasteiger partial charge on any atom is 0.411 e. The van der Waals surface area contributed by atoms with Gasteiger partial charge in [0.25, 0.3) is 0 Å². The molecule has 26 nitrogen and oxygen atoms in total. The number of alkyl halides is 6. The second kappa shape index (κ2) is 23.0. The molecule has 17 rings (SSSR count). The van der Waals surface area contributed by atoms with Gasteiger partial charge in [0.2, 0.25) is 5.41 Å². The number of rotatable bonds is 6. The molecule has 8 heterocycles. The topological polar surface area (TPSA) is 373 Å². The lowest BCUT2D eigenvalue weighted by Gasteiger charge is -2.38. The minimum absolute atomic E-state index is 0.0862. The Bertz CT molecular complexity index is 5660. The van der Waals surface area contributed by atoms with E-state index >= 15 is 0 Å². The Morgan fingerprint density at radius 2 is 0.525 bits per heavy atom. The van der Waals surface area contributed by atoms with Crippen LogP contribution in [0.1, 0.15) is 135 Å². The van der Waals surface area contributed by atoms with Gasteiger partial charge in [-0.1, -0.05) is 18.2 Å². The quantitative estimate of drug-likeness (QED) is 0.0646. The fourth-order valence-electron chi connectivity index (χ4n) is 11.8. The molecule has 2 aromatic heterocycles. The average molecular weight is 1380 g/mol. The first-order valence-corrected chi connectivity index (χ1v) is 28.4. The molecule has 0 N–H and O–H groups in total. The first-order valence-electron chi connectivity index (χ1n) is 28.4. The zero-order valence-electron chi connectivity index (χ0n) is 49.2. The number of cyclic esters (lactones) is 12. The van der Waals surface area contributed by atoms with E-state index in [1.807, 2.05) is 0 Å². The molecule has 0 fully saturated rings. The van der Waals surface area contributed by atoms with E-state index in [0.29, 0.717) is 58.0 Å². The summed E-state index contributed by atoms with van der Waals surface area (Å²) in [7, 11) is 0. The van der Waals surface area contributed by atoms with Crippen molar-refractivity contribution in [3.05, 3.63) is 265 Å². The lowest BCUT2D eigenvalue weighted by atomic mass is 9.71. The molecule has 6 aliphatic rings. The summed E-state index contributed by atoms with van der Waals surface area (Å²) in [5.41, 5.74) is -11.7. The van der Waals surface area contributed by atoms with Crippen molar-refractivity contribution < 1.29 is 131 Å². The monoisotopic (exact) mass is 1380 g/mol. The molecule has 0 spiro atoms. The lowest BCUT2D eigenvalue weighted by molar-refractivity contribution is -0.288. The Balaban J connectivity index is 0.000000116. The van der Waals surface area contributed by atoms with Gasteiger partial charge >= 0.3 is 106 Å². The summed E-state index contributed by atoms with van der Waals surface area (Å²) in [6, 6.07) is 29.6. The van der Waals surface area contributed by atoms with E-state index in [0.717, 1.165) is 0 Å². The average Bonchev–Trinajstić information content (AvgIpc) is 1.24. The molecule has 32 heteroatoms. The number of hydrogen-bond acceptors (Lipinski definition) is 26. The van der Waals surface area contributed by atoms with E-state index in [1.165, 1.54) is 66.7 Å². The number of furan rings is 2. The molecule has 0 saturated carbocycles. The SMILES string of the molecule is O=C1OC(=O)c2cc(C(c3ccc4c(c3)C(=O)OC4=O)(C(F)(F)F)C(F)(F)F)ccc21.O=C1OC(=O)c2cc(Oc3ccc(Oc4ccc5c(c4)C(=O)OC5=O)cc3)ccc21.O=C1OC(=O)c2ccc3c4c(ccc1c24)C(=O)OC3=O.O=c1oc(=O)c2cc3c(ccc4c(=O)oc(=O)c43)cc12. The first kappa shape index (κ1) is 64.2. The highest BCUT2D eigenvalue weighted by Crippen LogP contribution is 2.57. The Hall–Kier alpha value is -14.2. The number of carbonyl (C=O) groups excluding carboxylic acids is 12. The molecule has 0 bridgehead atoms. The second-order valence-corrected chi connectivity index (χ2v) is 22.0. The molecule has 0 amide bonds. The molecule has 0 unspecified atom stereocenters. The van der Waals surface area contributed by atoms with Crippen LogP contribution >= 0.6 is 0 Å². The van der Waals surface area contributed by atoms with Gasteiger partial charge in [0.05, 0.1) is 88.3 Å². The largest absolute Gasteiger partial charge is 0.457 e. The Morgan fingerprint density at radius 1 is 0.238 bits per heavy atom. The van der Waals surface area contributed by atoms with E-state index in [1.54, 1.807) is 42.5 Å². The van der Waals surface area contributed by atoms with Crippen LogP contribution in [-0.4, -0.2) is 84.0 Å². The molecule has 498 valence electrons. The maximum absolute atomic E-state index is 14.2. The second-order valence-electron chi connectivity index (χ2n) is 22.0. The zero-order chi connectivity index (χ0) is 71.8. The number of halogens is 6. The van der Waals surface area contributed by atoms with Gasteiger partial charge < -0.3 is 46.7 Å². The number of fused-ring (bicyclic) bond motifs is 8. The highest BCUT2D eigenvalue weighted by Gasteiger charge is 2.73. The third-order valence-electron chi connectivity index (χ3n) is 16.3. The fourth-order valence-corrected chi connectivity index (χ4v) is 11.8. The van der Waals surface area contributed by atoms with Crippen molar-refractivity contribution in [2.45, 2.75) is 17.8 Å². The lowest BCUT2D eigenvalue weighted by Crippen LogP contribution is -2.55. The van der Waals surface area contributed by atoms with Crippen LogP contribution < -0.4 is 32.0 Å². The van der Waals surface area contributed by atoms with Crippen LogP contribution in [0.5, 0.6) is 23.0 Å². The number of carbonyl (C=O) groups is 12. The molecule has 0 aliphatic carbocycles. The summed E-state index contributed by atoms with van der Waals surface area (Å²) < 4.78 is 132. The smallest absolute Gasteiger partial charge is 0.411 e. The molecule has 0 radical (unpaired) electrons. The third kappa shape index (κ3) is 10.4. The van der Waals surface area contributed by atoms with Crippen LogP contribution in [0, 0.1) is 0 Å². The van der Waals surface area contributed by atoms with Crippen molar-refractivity contribution in [2.24, 2.45) is 0 Å². The zero-order valence-corrected chi connectivity index (χ0v) is 49.2. The summed E-state index contributed by atoms with van der Waals surface area (Å²) in [6.07, 6.45) is -12.0. The van der Waals surface area contributed by atoms with E-state index in [4.69, 9.17) is 9.47 Å². The van der Waals surface area contributed by atoms with Crippen LogP contribution in [0.4, 0.5) is 26.3 Å². The number of hydrogen-bond donors (Lipinski definition) is 0. The van der Waals surface area contributed by atoms with E-state index in [9.17, 15) is 103 Å². The highest BCUT2D eigenvalue weighted by molar-refractivity contribution is 6.29. The van der Waals surface area contributed by atoms with Crippen molar-refractivity contribution in [3.63, 3.8) is 0 Å². The van der Waals surface area contributed by atoms with Crippen molar-refractivity contribution in [1.82, 2.24) is 0 Å². The van der Waals surface area contributed by atoms with Gasteiger partial charge in [0, 0.05) is 10.8 Å². The van der Waals surface area contributed by atoms with Crippen LogP contribution in [0.25, 0.3) is 43.1 Å². The standard InChI is InChI=1S/C22H10O8.C19H6F6O6.2C14H4O6/c23-19-15-7-5-13(9-17(15)21(25)29-19)27-11-1-2-12(4-3-11)28-14-6-8-16-18(10-14)22(26)30-20(16)24;20-18(21,22)17(19(23,24)25,7-1-3-9-11(5-7)15(28)30-13(9)26)8-2-4-10-12(6-8)16(29)31-14(10)27;15-11-6-2-1-5-3-8-9(13(17)19-12(8)16)4-7(5)10(6)14(18)20-11;15-11-5-1-2-6-10-8(14(18)20-12(6)16)4-3-7(9(5)10)13(17)19-11/h1-10H;1-6H;2*1-4H. The summed E-state index contributed by atoms with van der Waals surface area (Å²) in [5.74, 6) is -9.47. The van der Waals surface area contributed by atoms with Crippen molar-refractivity contribution >= 4 is 115 Å². The van der Waals surface area contributed by atoms with Crippen LogP contribution in [0.15, 0.2) is 174 Å². The van der Waals surface area contributed by atoms with Crippen LogP contribution in [0.3, 0.4) is 0 Å². The van der Waals surface area contributed by atoms with Crippen molar-refractivity contribution in [2.75, 3.05) is 0 Å². The van der Waals surface area contributed by atoms with Gasteiger partial charge in [-0.15, -0.1) is 0 Å². The van der Waals surface area contributed by atoms with E-state index in [2.05, 4.69) is 37.3 Å². The Kier molecular flexibility index (Phi) is 14.6. The van der Waals surface area contributed by atoms with Crippen LogP contribution in [-0.2, 0) is 33.8 Å².